The molecule has 20 heavy (non-hydrogen) atoms. The van der Waals surface area contributed by atoms with Gasteiger partial charge in [0.25, 0.3) is 0 Å². The van der Waals surface area contributed by atoms with Gasteiger partial charge in [0.1, 0.15) is 12.2 Å². The summed E-state index contributed by atoms with van der Waals surface area (Å²) in [5.41, 5.74) is 0.973. The van der Waals surface area contributed by atoms with E-state index in [1.807, 2.05) is 24.3 Å². The van der Waals surface area contributed by atoms with Crippen molar-refractivity contribution in [1.29, 1.82) is 0 Å². The molecule has 112 valence electrons. The molecule has 1 aliphatic heterocycles. The minimum atomic E-state index is -1.22. The van der Waals surface area contributed by atoms with Gasteiger partial charge in [-0.2, -0.15) is 0 Å². The first kappa shape index (κ1) is 15.7. The van der Waals surface area contributed by atoms with Crippen molar-refractivity contribution >= 4 is 11.6 Å². The summed E-state index contributed by atoms with van der Waals surface area (Å²) in [6.45, 7) is 0.483. The number of aliphatic hydroxyl groups excluding tert-OH is 4. The number of hydrogen-bond acceptors (Lipinski definition) is 5. The number of hydrogen-bond donors (Lipinski definition) is 4. The summed E-state index contributed by atoms with van der Waals surface area (Å²) in [6, 6.07) is 6.91. The van der Waals surface area contributed by atoms with Crippen LogP contribution in [0.15, 0.2) is 24.3 Å². The Balaban J connectivity index is 2.02. The van der Waals surface area contributed by atoms with E-state index in [9.17, 15) is 20.4 Å². The maximum absolute atomic E-state index is 9.89. The smallest absolute Gasteiger partial charge is 0.109 e. The SMILES string of the molecule is OC[C@@H]1[C@@H](O)[C@H](O)[C@@H](O)CN1CCc1ccccc1Cl. The van der Waals surface area contributed by atoms with Gasteiger partial charge < -0.3 is 20.4 Å². The van der Waals surface area contributed by atoms with Gasteiger partial charge in [-0.15, -0.1) is 0 Å². The molecule has 4 atom stereocenters. The molecule has 0 bridgehead atoms. The summed E-state index contributed by atoms with van der Waals surface area (Å²) >= 11 is 6.09. The fourth-order valence-electron chi connectivity index (χ4n) is 2.60. The molecule has 0 unspecified atom stereocenters. The van der Waals surface area contributed by atoms with Crippen LogP contribution in [-0.2, 0) is 6.42 Å². The first-order valence-electron chi connectivity index (χ1n) is 6.67. The minimum Gasteiger partial charge on any atom is -0.395 e. The third-order valence-corrected chi connectivity index (χ3v) is 4.21. The zero-order valence-corrected chi connectivity index (χ0v) is 11.8. The number of nitrogens with zero attached hydrogens (tertiary/aromatic N) is 1. The lowest BCUT2D eigenvalue weighted by Crippen LogP contribution is -2.62. The summed E-state index contributed by atoms with van der Waals surface area (Å²) in [5.74, 6) is 0. The number of halogens is 1. The maximum Gasteiger partial charge on any atom is 0.109 e. The topological polar surface area (TPSA) is 84.2 Å². The Morgan fingerprint density at radius 1 is 1.15 bits per heavy atom. The van der Waals surface area contributed by atoms with Crippen LogP contribution in [0, 0.1) is 0 Å². The minimum absolute atomic E-state index is 0.216. The lowest BCUT2D eigenvalue weighted by molar-refractivity contribution is -0.144. The Morgan fingerprint density at radius 2 is 1.85 bits per heavy atom. The summed E-state index contributed by atoms with van der Waals surface area (Å²) < 4.78 is 0. The molecule has 4 N–H and O–H groups in total. The number of piperidine rings is 1. The van der Waals surface area contributed by atoms with Gasteiger partial charge in [-0.3, -0.25) is 4.90 Å². The Bertz CT molecular complexity index is 445. The molecule has 1 saturated heterocycles. The normalized spacial score (nSPS) is 31.4. The van der Waals surface area contributed by atoms with E-state index in [-0.39, 0.29) is 13.2 Å². The molecular formula is C14H20ClNO4. The van der Waals surface area contributed by atoms with Crippen LogP contribution in [0.2, 0.25) is 5.02 Å². The highest BCUT2D eigenvalue weighted by atomic mass is 35.5. The van der Waals surface area contributed by atoms with Crippen LogP contribution in [-0.4, -0.2) is 69.4 Å². The lowest BCUT2D eigenvalue weighted by Gasteiger charge is -2.43. The Hall–Kier alpha value is -0.690. The Kier molecular flexibility index (Phi) is 5.37. The molecule has 1 aromatic carbocycles. The molecule has 6 heteroatoms. The zero-order valence-electron chi connectivity index (χ0n) is 11.1. The quantitative estimate of drug-likeness (QED) is 0.610. The van der Waals surface area contributed by atoms with Gasteiger partial charge in [0.15, 0.2) is 0 Å². The lowest BCUT2D eigenvalue weighted by atomic mass is 9.94. The van der Waals surface area contributed by atoms with Crippen molar-refractivity contribution in [3.63, 3.8) is 0 Å². The first-order valence-corrected chi connectivity index (χ1v) is 7.05. The molecule has 0 aromatic heterocycles. The Morgan fingerprint density at radius 3 is 2.50 bits per heavy atom. The Labute approximate surface area is 123 Å². The van der Waals surface area contributed by atoms with E-state index >= 15 is 0 Å². The third kappa shape index (κ3) is 3.31. The molecule has 0 radical (unpaired) electrons. The van der Waals surface area contributed by atoms with Crippen LogP contribution in [0.25, 0.3) is 0 Å². The molecule has 0 spiro atoms. The van der Waals surface area contributed by atoms with Gasteiger partial charge in [-0.25, -0.2) is 0 Å². The second-order valence-electron chi connectivity index (χ2n) is 5.13. The molecule has 0 amide bonds. The fraction of sp³-hybridized carbons (Fsp3) is 0.571. The predicted octanol–water partition coefficient (Wildman–Crippen LogP) is -0.358. The van der Waals surface area contributed by atoms with Gasteiger partial charge >= 0.3 is 0 Å². The molecule has 1 aliphatic rings. The molecule has 5 nitrogen and oxygen atoms in total. The van der Waals surface area contributed by atoms with Gasteiger partial charge in [0.05, 0.1) is 18.8 Å². The van der Waals surface area contributed by atoms with Crippen molar-refractivity contribution in [2.24, 2.45) is 0 Å². The first-order chi connectivity index (χ1) is 9.54. The van der Waals surface area contributed by atoms with Crippen molar-refractivity contribution in [3.05, 3.63) is 34.9 Å². The largest absolute Gasteiger partial charge is 0.395 e. The number of rotatable bonds is 4. The standard InChI is InChI=1S/C14H20ClNO4/c15-10-4-2-1-3-9(10)5-6-16-7-12(18)14(20)13(19)11(16)8-17/h1-4,11-14,17-20H,5-8H2/t11-,12+,13-,14-/m1/s1. The highest BCUT2D eigenvalue weighted by Gasteiger charge is 2.40. The number of β-amino-alcohol motifs (C(OH)–C–C–N with tert-alkyl or cyclic N) is 1. The third-order valence-electron chi connectivity index (χ3n) is 3.84. The highest BCUT2D eigenvalue weighted by molar-refractivity contribution is 6.31. The average Bonchev–Trinajstić information content (AvgIpc) is 2.44. The second-order valence-corrected chi connectivity index (χ2v) is 5.54. The average molecular weight is 302 g/mol. The maximum atomic E-state index is 9.89. The molecule has 0 saturated carbocycles. The van der Waals surface area contributed by atoms with Gasteiger partial charge in [-0.05, 0) is 18.1 Å². The van der Waals surface area contributed by atoms with E-state index in [1.54, 1.807) is 4.90 Å². The summed E-state index contributed by atoms with van der Waals surface area (Å²) in [5, 5.41) is 39.3. The second kappa shape index (κ2) is 6.85. The molecular weight excluding hydrogens is 282 g/mol. The van der Waals surface area contributed by atoms with Crippen molar-refractivity contribution < 1.29 is 20.4 Å². The van der Waals surface area contributed by atoms with Crippen molar-refractivity contribution in [1.82, 2.24) is 4.90 Å². The summed E-state index contributed by atoms with van der Waals surface area (Å²) in [4.78, 5) is 1.78. The van der Waals surface area contributed by atoms with E-state index in [2.05, 4.69) is 0 Å². The molecule has 1 fully saturated rings. The fourth-order valence-corrected chi connectivity index (χ4v) is 2.83. The van der Waals surface area contributed by atoms with E-state index in [0.29, 0.717) is 18.0 Å². The van der Waals surface area contributed by atoms with E-state index in [4.69, 9.17) is 11.6 Å². The van der Waals surface area contributed by atoms with Crippen LogP contribution >= 0.6 is 11.6 Å². The molecule has 1 aromatic rings. The van der Waals surface area contributed by atoms with Crippen molar-refractivity contribution in [2.45, 2.75) is 30.8 Å². The predicted molar refractivity (Wildman–Crippen MR) is 75.6 cm³/mol. The highest BCUT2D eigenvalue weighted by Crippen LogP contribution is 2.21. The summed E-state index contributed by atoms with van der Waals surface area (Å²) in [6.07, 6.45) is -2.75. The van der Waals surface area contributed by atoms with Crippen LogP contribution in [0.3, 0.4) is 0 Å². The summed E-state index contributed by atoms with van der Waals surface area (Å²) in [7, 11) is 0. The van der Waals surface area contributed by atoms with Crippen LogP contribution in [0.4, 0.5) is 0 Å². The van der Waals surface area contributed by atoms with Crippen molar-refractivity contribution in [3.8, 4) is 0 Å². The van der Waals surface area contributed by atoms with E-state index in [1.165, 1.54) is 0 Å². The molecule has 2 rings (SSSR count). The van der Waals surface area contributed by atoms with E-state index < -0.39 is 24.4 Å². The van der Waals surface area contributed by atoms with Gasteiger partial charge in [0.2, 0.25) is 0 Å². The van der Waals surface area contributed by atoms with Gasteiger partial charge in [0, 0.05) is 18.1 Å². The zero-order chi connectivity index (χ0) is 14.7. The van der Waals surface area contributed by atoms with Crippen LogP contribution in [0.1, 0.15) is 5.56 Å². The van der Waals surface area contributed by atoms with E-state index in [0.717, 1.165) is 5.56 Å². The van der Waals surface area contributed by atoms with Crippen LogP contribution in [0.5, 0.6) is 0 Å². The monoisotopic (exact) mass is 301 g/mol. The number of benzene rings is 1. The van der Waals surface area contributed by atoms with Crippen LogP contribution < -0.4 is 0 Å². The van der Waals surface area contributed by atoms with Crippen molar-refractivity contribution in [2.75, 3.05) is 19.7 Å². The van der Waals surface area contributed by atoms with Gasteiger partial charge in [-0.1, -0.05) is 29.8 Å². The number of aliphatic hydroxyl groups is 4. The number of likely N-dealkylation sites (tertiary alicyclic amines) is 1. The molecule has 1 heterocycles. The molecule has 0 aliphatic carbocycles.